The number of carbonyl (C=O) groups excluding carboxylic acids is 1. The van der Waals surface area contributed by atoms with E-state index in [0.717, 1.165) is 25.1 Å². The smallest absolute Gasteiger partial charge is 0.326 e. The van der Waals surface area contributed by atoms with Crippen molar-refractivity contribution in [2.75, 3.05) is 13.1 Å². The lowest BCUT2D eigenvalue weighted by Gasteiger charge is -2.23. The Hall–Kier alpha value is -1.92. The summed E-state index contributed by atoms with van der Waals surface area (Å²) in [5, 5.41) is 22.1. The number of fused-ring (bicyclic) bond motifs is 1. The summed E-state index contributed by atoms with van der Waals surface area (Å²) in [4.78, 5) is 25.0. The van der Waals surface area contributed by atoms with Crippen molar-refractivity contribution >= 4 is 11.9 Å². The summed E-state index contributed by atoms with van der Waals surface area (Å²) in [6, 6.07) is 4.57. The number of hydrogen-bond donors (Lipinski definition) is 3. The summed E-state index contributed by atoms with van der Waals surface area (Å²) >= 11 is 0. The normalized spacial score (nSPS) is 24.7. The maximum absolute atomic E-state index is 12.5. The van der Waals surface area contributed by atoms with Gasteiger partial charge in [0.2, 0.25) is 0 Å². The van der Waals surface area contributed by atoms with Crippen LogP contribution in [0.1, 0.15) is 27.9 Å². The first-order valence-electron chi connectivity index (χ1n) is 7.10. The average molecular weight is 290 g/mol. The number of benzene rings is 1. The first-order valence-corrected chi connectivity index (χ1v) is 7.10. The lowest BCUT2D eigenvalue weighted by atomic mass is 9.98. The monoisotopic (exact) mass is 290 g/mol. The van der Waals surface area contributed by atoms with E-state index in [-0.39, 0.29) is 18.9 Å². The molecule has 1 aromatic rings. The Morgan fingerprint density at radius 2 is 2.10 bits per heavy atom. The van der Waals surface area contributed by atoms with Crippen LogP contribution in [-0.2, 0) is 17.8 Å². The molecule has 3 rings (SSSR count). The second-order valence-corrected chi connectivity index (χ2v) is 5.61. The maximum atomic E-state index is 12.5. The third-order valence-corrected chi connectivity index (χ3v) is 4.16. The lowest BCUT2D eigenvalue weighted by molar-refractivity contribution is -0.141. The molecule has 1 fully saturated rings. The van der Waals surface area contributed by atoms with Crippen LogP contribution < -0.4 is 5.32 Å². The molecule has 2 aliphatic rings. The molecule has 1 amide bonds. The molecule has 21 heavy (non-hydrogen) atoms. The number of carboxylic acid groups (broad SMARTS) is 1. The van der Waals surface area contributed by atoms with Crippen LogP contribution in [0.15, 0.2) is 18.2 Å². The predicted octanol–water partition coefficient (Wildman–Crippen LogP) is -0.00770. The van der Waals surface area contributed by atoms with Gasteiger partial charge in [-0.05, 0) is 36.2 Å². The van der Waals surface area contributed by atoms with Gasteiger partial charge in [-0.2, -0.15) is 0 Å². The summed E-state index contributed by atoms with van der Waals surface area (Å²) in [6.45, 7) is 1.73. The zero-order chi connectivity index (χ0) is 15.0. The van der Waals surface area contributed by atoms with Crippen LogP contribution in [0, 0.1) is 0 Å². The van der Waals surface area contributed by atoms with E-state index in [0.29, 0.717) is 5.56 Å². The van der Waals surface area contributed by atoms with E-state index in [1.165, 1.54) is 10.5 Å². The zero-order valence-corrected chi connectivity index (χ0v) is 11.6. The van der Waals surface area contributed by atoms with Gasteiger partial charge in [0.25, 0.3) is 5.91 Å². The SMILES string of the molecule is O=C(O)C1CC(O)CN1C(=O)c1ccc2c(c1)CNCC2. The molecule has 2 heterocycles. The minimum absolute atomic E-state index is 0.0745. The van der Waals surface area contributed by atoms with Gasteiger partial charge >= 0.3 is 5.97 Å². The highest BCUT2D eigenvalue weighted by Gasteiger charge is 2.39. The predicted molar refractivity (Wildman–Crippen MR) is 74.9 cm³/mol. The molecule has 0 aliphatic carbocycles. The molecular weight excluding hydrogens is 272 g/mol. The van der Waals surface area contributed by atoms with E-state index >= 15 is 0 Å². The van der Waals surface area contributed by atoms with Gasteiger partial charge in [0.1, 0.15) is 6.04 Å². The number of aliphatic hydroxyl groups is 1. The van der Waals surface area contributed by atoms with Crippen LogP contribution in [0.2, 0.25) is 0 Å². The van der Waals surface area contributed by atoms with E-state index in [4.69, 9.17) is 0 Å². The molecule has 1 saturated heterocycles. The van der Waals surface area contributed by atoms with Gasteiger partial charge in [0.15, 0.2) is 0 Å². The minimum Gasteiger partial charge on any atom is -0.480 e. The Morgan fingerprint density at radius 1 is 1.29 bits per heavy atom. The van der Waals surface area contributed by atoms with Crippen molar-refractivity contribution in [2.24, 2.45) is 0 Å². The van der Waals surface area contributed by atoms with E-state index in [1.54, 1.807) is 6.07 Å². The molecule has 2 unspecified atom stereocenters. The van der Waals surface area contributed by atoms with Crippen molar-refractivity contribution in [2.45, 2.75) is 31.5 Å². The van der Waals surface area contributed by atoms with Gasteiger partial charge in [0, 0.05) is 25.1 Å². The van der Waals surface area contributed by atoms with E-state index in [2.05, 4.69) is 5.32 Å². The number of amides is 1. The van der Waals surface area contributed by atoms with Gasteiger partial charge in [-0.15, -0.1) is 0 Å². The number of aliphatic hydroxyl groups excluding tert-OH is 1. The molecule has 3 N–H and O–H groups in total. The number of β-amino-alcohol motifs (C(OH)–C–C–N with tert-alkyl or cyclic N) is 1. The zero-order valence-electron chi connectivity index (χ0n) is 11.6. The average Bonchev–Trinajstić information content (AvgIpc) is 2.88. The number of nitrogens with zero attached hydrogens (tertiary/aromatic N) is 1. The molecule has 0 spiro atoms. The number of hydrogen-bond acceptors (Lipinski definition) is 4. The van der Waals surface area contributed by atoms with Crippen molar-refractivity contribution in [1.82, 2.24) is 10.2 Å². The van der Waals surface area contributed by atoms with E-state index < -0.39 is 18.1 Å². The minimum atomic E-state index is -1.07. The molecule has 0 bridgehead atoms. The van der Waals surface area contributed by atoms with Crippen molar-refractivity contribution in [3.05, 3.63) is 34.9 Å². The topological polar surface area (TPSA) is 89.9 Å². The first kappa shape index (κ1) is 14.0. The van der Waals surface area contributed by atoms with Crippen LogP contribution in [0.3, 0.4) is 0 Å². The Morgan fingerprint density at radius 3 is 2.86 bits per heavy atom. The van der Waals surface area contributed by atoms with E-state index in [9.17, 15) is 19.8 Å². The molecule has 1 aromatic carbocycles. The first-order chi connectivity index (χ1) is 10.1. The standard InChI is InChI=1S/C15H18N2O4/c18-12-6-13(15(20)21)17(8-12)14(19)10-2-1-9-3-4-16-7-11(9)5-10/h1-2,5,12-13,16,18H,3-4,6-8H2,(H,20,21). The molecule has 2 aliphatic heterocycles. The van der Waals surface area contributed by atoms with Crippen LogP contribution >= 0.6 is 0 Å². The van der Waals surface area contributed by atoms with Gasteiger partial charge in [-0.3, -0.25) is 4.79 Å². The van der Waals surface area contributed by atoms with Crippen LogP contribution in [0.4, 0.5) is 0 Å². The number of nitrogens with one attached hydrogen (secondary N) is 1. The van der Waals surface area contributed by atoms with Crippen LogP contribution in [-0.4, -0.2) is 52.2 Å². The summed E-state index contributed by atoms with van der Waals surface area (Å²) in [7, 11) is 0. The third kappa shape index (κ3) is 2.64. The number of carbonyl (C=O) groups is 2. The fourth-order valence-corrected chi connectivity index (χ4v) is 3.05. The Labute approximate surface area is 122 Å². The molecule has 112 valence electrons. The van der Waals surface area contributed by atoms with Gasteiger partial charge in [-0.1, -0.05) is 6.07 Å². The highest BCUT2D eigenvalue weighted by molar-refractivity contribution is 5.97. The fourth-order valence-electron chi connectivity index (χ4n) is 3.05. The molecule has 0 radical (unpaired) electrons. The highest BCUT2D eigenvalue weighted by Crippen LogP contribution is 2.23. The van der Waals surface area contributed by atoms with E-state index in [1.807, 2.05) is 12.1 Å². The maximum Gasteiger partial charge on any atom is 0.326 e. The summed E-state index contributed by atoms with van der Waals surface area (Å²) in [5.41, 5.74) is 2.79. The largest absolute Gasteiger partial charge is 0.480 e. The fraction of sp³-hybridized carbons (Fsp3) is 0.467. The number of aliphatic carboxylic acids is 1. The Kier molecular flexibility index (Phi) is 3.65. The Bertz CT molecular complexity index is 587. The Balaban J connectivity index is 1.86. The van der Waals surface area contributed by atoms with Crippen molar-refractivity contribution < 1.29 is 19.8 Å². The molecule has 2 atom stereocenters. The number of likely N-dealkylation sites (tertiary alicyclic amines) is 1. The number of carboxylic acids is 1. The highest BCUT2D eigenvalue weighted by atomic mass is 16.4. The summed E-state index contributed by atoms with van der Waals surface area (Å²) in [5.74, 6) is -1.40. The molecule has 0 saturated carbocycles. The van der Waals surface area contributed by atoms with Crippen molar-refractivity contribution in [3.8, 4) is 0 Å². The second kappa shape index (κ2) is 5.46. The molecule has 6 nitrogen and oxygen atoms in total. The third-order valence-electron chi connectivity index (χ3n) is 4.16. The van der Waals surface area contributed by atoms with Crippen LogP contribution in [0.5, 0.6) is 0 Å². The second-order valence-electron chi connectivity index (χ2n) is 5.61. The van der Waals surface area contributed by atoms with Gasteiger partial charge in [0.05, 0.1) is 6.10 Å². The molecule has 6 heteroatoms. The van der Waals surface area contributed by atoms with Crippen molar-refractivity contribution in [3.63, 3.8) is 0 Å². The van der Waals surface area contributed by atoms with Gasteiger partial charge < -0.3 is 20.4 Å². The number of rotatable bonds is 2. The van der Waals surface area contributed by atoms with Crippen LogP contribution in [0.25, 0.3) is 0 Å². The quantitative estimate of drug-likeness (QED) is 0.713. The van der Waals surface area contributed by atoms with Crippen molar-refractivity contribution in [1.29, 1.82) is 0 Å². The summed E-state index contributed by atoms with van der Waals surface area (Å²) in [6.07, 6.45) is 0.256. The van der Waals surface area contributed by atoms with Gasteiger partial charge in [-0.25, -0.2) is 4.79 Å². The molecular formula is C15H18N2O4. The molecule has 0 aromatic heterocycles. The lowest BCUT2D eigenvalue weighted by Crippen LogP contribution is -2.40. The summed E-state index contributed by atoms with van der Waals surface area (Å²) < 4.78 is 0.